The standard InChI is InChI=1S/C17H21N3O3S/c1-12(11-23-14-8-6-13(21-2)7-9-14)19-17(24)20-16-15(22-3)5-4-10-18-16/h4-10,12H,11H2,1-3H3,(H2,18,19,20,24)/t12-/m0/s1. The Balaban J connectivity index is 1.80. The predicted octanol–water partition coefficient (Wildman–Crippen LogP) is 2.85. The summed E-state index contributed by atoms with van der Waals surface area (Å²) >= 11 is 5.29. The molecule has 0 radical (unpaired) electrons. The van der Waals surface area contributed by atoms with E-state index in [0.717, 1.165) is 11.5 Å². The van der Waals surface area contributed by atoms with Gasteiger partial charge in [-0.05, 0) is 55.5 Å². The fraction of sp³-hybridized carbons (Fsp3) is 0.294. The predicted molar refractivity (Wildman–Crippen MR) is 98.1 cm³/mol. The van der Waals surface area contributed by atoms with Crippen LogP contribution in [-0.2, 0) is 0 Å². The Morgan fingerprint density at radius 3 is 2.50 bits per heavy atom. The third-order valence-corrected chi connectivity index (χ3v) is 3.38. The SMILES string of the molecule is COc1ccc(OC[C@H](C)NC(=S)Nc2ncccc2OC)cc1. The number of nitrogens with one attached hydrogen (secondary N) is 2. The molecule has 1 aromatic heterocycles. The first-order valence-electron chi connectivity index (χ1n) is 7.45. The number of benzene rings is 1. The number of rotatable bonds is 7. The summed E-state index contributed by atoms with van der Waals surface area (Å²) in [6.45, 7) is 2.45. The molecule has 0 spiro atoms. The van der Waals surface area contributed by atoms with Crippen molar-refractivity contribution in [1.82, 2.24) is 10.3 Å². The van der Waals surface area contributed by atoms with E-state index in [4.69, 9.17) is 26.4 Å². The first-order valence-corrected chi connectivity index (χ1v) is 7.86. The molecule has 128 valence electrons. The zero-order valence-corrected chi connectivity index (χ0v) is 14.7. The van der Waals surface area contributed by atoms with E-state index in [1.54, 1.807) is 26.5 Å². The maximum absolute atomic E-state index is 5.72. The molecule has 0 amide bonds. The summed E-state index contributed by atoms with van der Waals surface area (Å²) in [7, 11) is 3.22. The summed E-state index contributed by atoms with van der Waals surface area (Å²) in [5, 5.41) is 6.62. The van der Waals surface area contributed by atoms with Gasteiger partial charge in [0.05, 0.1) is 20.3 Å². The highest BCUT2D eigenvalue weighted by Gasteiger charge is 2.09. The van der Waals surface area contributed by atoms with E-state index >= 15 is 0 Å². The van der Waals surface area contributed by atoms with Crippen LogP contribution in [0.4, 0.5) is 5.82 Å². The van der Waals surface area contributed by atoms with Gasteiger partial charge in [-0.15, -0.1) is 0 Å². The highest BCUT2D eigenvalue weighted by atomic mass is 32.1. The summed E-state index contributed by atoms with van der Waals surface area (Å²) in [6, 6.07) is 11.1. The number of anilines is 1. The van der Waals surface area contributed by atoms with Gasteiger partial charge in [0.2, 0.25) is 0 Å². The fourth-order valence-electron chi connectivity index (χ4n) is 1.95. The molecule has 0 saturated carbocycles. The molecule has 0 aliphatic carbocycles. The molecule has 2 aromatic rings. The Morgan fingerprint density at radius 2 is 1.83 bits per heavy atom. The Hall–Kier alpha value is -2.54. The van der Waals surface area contributed by atoms with Gasteiger partial charge >= 0.3 is 0 Å². The smallest absolute Gasteiger partial charge is 0.174 e. The number of hydrogen-bond acceptors (Lipinski definition) is 5. The fourth-order valence-corrected chi connectivity index (χ4v) is 2.25. The summed E-state index contributed by atoms with van der Waals surface area (Å²) in [5.74, 6) is 2.77. The summed E-state index contributed by atoms with van der Waals surface area (Å²) in [6.07, 6.45) is 1.67. The van der Waals surface area contributed by atoms with E-state index < -0.39 is 0 Å². The highest BCUT2D eigenvalue weighted by molar-refractivity contribution is 7.80. The van der Waals surface area contributed by atoms with Crippen molar-refractivity contribution in [3.8, 4) is 17.2 Å². The minimum Gasteiger partial charge on any atom is -0.497 e. The second-order valence-electron chi connectivity index (χ2n) is 5.04. The molecular formula is C17H21N3O3S. The van der Waals surface area contributed by atoms with Crippen molar-refractivity contribution in [3.05, 3.63) is 42.6 Å². The minimum atomic E-state index is 0.0156. The summed E-state index contributed by atoms with van der Waals surface area (Å²) in [4.78, 5) is 4.20. The van der Waals surface area contributed by atoms with Gasteiger partial charge in [-0.2, -0.15) is 0 Å². The first-order chi connectivity index (χ1) is 11.6. The van der Waals surface area contributed by atoms with Crippen LogP contribution in [0, 0.1) is 0 Å². The molecule has 0 aliphatic heterocycles. The third kappa shape index (κ3) is 5.27. The van der Waals surface area contributed by atoms with Crippen molar-refractivity contribution >= 4 is 23.1 Å². The Labute approximate surface area is 147 Å². The van der Waals surface area contributed by atoms with Gasteiger partial charge < -0.3 is 24.8 Å². The van der Waals surface area contributed by atoms with Crippen molar-refractivity contribution in [1.29, 1.82) is 0 Å². The monoisotopic (exact) mass is 347 g/mol. The Bertz CT molecular complexity index is 664. The maximum Gasteiger partial charge on any atom is 0.174 e. The normalized spacial score (nSPS) is 11.3. The van der Waals surface area contributed by atoms with Crippen LogP contribution in [-0.4, -0.2) is 37.0 Å². The first kappa shape index (κ1) is 17.8. The van der Waals surface area contributed by atoms with Crippen molar-refractivity contribution in [2.24, 2.45) is 0 Å². The summed E-state index contributed by atoms with van der Waals surface area (Å²) < 4.78 is 16.1. The minimum absolute atomic E-state index is 0.0156. The number of methoxy groups -OCH3 is 2. The van der Waals surface area contributed by atoms with Crippen LogP contribution in [0.2, 0.25) is 0 Å². The molecule has 1 aromatic carbocycles. The number of thiocarbonyl (C=S) groups is 1. The third-order valence-electron chi connectivity index (χ3n) is 3.16. The van der Waals surface area contributed by atoms with Crippen LogP contribution < -0.4 is 24.8 Å². The summed E-state index contributed by atoms with van der Waals surface area (Å²) in [5.41, 5.74) is 0. The topological polar surface area (TPSA) is 64.6 Å². The number of hydrogen-bond donors (Lipinski definition) is 2. The Kier molecular flexibility index (Phi) is 6.62. The van der Waals surface area contributed by atoms with Crippen LogP contribution in [0.15, 0.2) is 42.6 Å². The number of aromatic nitrogens is 1. The lowest BCUT2D eigenvalue weighted by Crippen LogP contribution is -2.39. The zero-order valence-electron chi connectivity index (χ0n) is 13.9. The average molecular weight is 347 g/mol. The van der Waals surface area contributed by atoms with Gasteiger partial charge in [0.1, 0.15) is 18.1 Å². The Morgan fingerprint density at radius 1 is 1.12 bits per heavy atom. The second-order valence-corrected chi connectivity index (χ2v) is 5.45. The molecule has 1 atom stereocenters. The maximum atomic E-state index is 5.72. The lowest BCUT2D eigenvalue weighted by Gasteiger charge is -2.18. The van der Waals surface area contributed by atoms with Crippen LogP contribution >= 0.6 is 12.2 Å². The second kappa shape index (κ2) is 8.93. The molecule has 24 heavy (non-hydrogen) atoms. The van der Waals surface area contributed by atoms with E-state index in [9.17, 15) is 0 Å². The number of pyridine rings is 1. The van der Waals surface area contributed by atoms with Gasteiger partial charge in [0, 0.05) is 6.20 Å². The lowest BCUT2D eigenvalue weighted by atomic mass is 10.3. The quantitative estimate of drug-likeness (QED) is 0.747. The molecular weight excluding hydrogens is 326 g/mol. The molecule has 6 nitrogen and oxygen atoms in total. The molecule has 0 saturated heterocycles. The molecule has 0 fully saturated rings. The number of ether oxygens (including phenoxy) is 3. The van der Waals surface area contributed by atoms with Gasteiger partial charge in [0.15, 0.2) is 16.7 Å². The van der Waals surface area contributed by atoms with E-state index in [-0.39, 0.29) is 6.04 Å². The van der Waals surface area contributed by atoms with Crippen molar-refractivity contribution < 1.29 is 14.2 Å². The lowest BCUT2D eigenvalue weighted by molar-refractivity contribution is 0.286. The largest absolute Gasteiger partial charge is 0.497 e. The van der Waals surface area contributed by atoms with Crippen LogP contribution in [0.1, 0.15) is 6.92 Å². The van der Waals surface area contributed by atoms with E-state index in [2.05, 4.69) is 15.6 Å². The van der Waals surface area contributed by atoms with Gasteiger partial charge in [-0.25, -0.2) is 4.98 Å². The molecule has 0 bridgehead atoms. The molecule has 7 heteroatoms. The van der Waals surface area contributed by atoms with E-state index in [1.165, 1.54) is 0 Å². The highest BCUT2D eigenvalue weighted by Crippen LogP contribution is 2.20. The van der Waals surface area contributed by atoms with Crippen LogP contribution in [0.3, 0.4) is 0 Å². The molecule has 0 unspecified atom stereocenters. The number of nitrogens with zero attached hydrogens (tertiary/aromatic N) is 1. The average Bonchev–Trinajstić information content (AvgIpc) is 2.60. The van der Waals surface area contributed by atoms with Crippen molar-refractivity contribution in [2.75, 3.05) is 26.1 Å². The van der Waals surface area contributed by atoms with Gasteiger partial charge in [-0.1, -0.05) is 0 Å². The molecule has 1 heterocycles. The zero-order chi connectivity index (χ0) is 17.4. The van der Waals surface area contributed by atoms with E-state index in [0.29, 0.717) is 23.3 Å². The van der Waals surface area contributed by atoms with E-state index in [1.807, 2.05) is 37.3 Å². The molecule has 0 aliphatic rings. The van der Waals surface area contributed by atoms with Crippen LogP contribution in [0.25, 0.3) is 0 Å². The van der Waals surface area contributed by atoms with Crippen LogP contribution in [0.5, 0.6) is 17.2 Å². The molecule has 2 rings (SSSR count). The van der Waals surface area contributed by atoms with Gasteiger partial charge in [0.25, 0.3) is 0 Å². The van der Waals surface area contributed by atoms with Gasteiger partial charge in [-0.3, -0.25) is 0 Å². The van der Waals surface area contributed by atoms with Crippen molar-refractivity contribution in [3.63, 3.8) is 0 Å². The molecule has 2 N–H and O–H groups in total. The van der Waals surface area contributed by atoms with Crippen molar-refractivity contribution in [2.45, 2.75) is 13.0 Å².